The van der Waals surface area contributed by atoms with Crippen LogP contribution >= 0.6 is 11.6 Å². The Kier molecular flexibility index (Phi) is 4.85. The van der Waals surface area contributed by atoms with Gasteiger partial charge in [-0.1, -0.05) is 11.6 Å². The molecule has 0 bridgehead atoms. The minimum Gasteiger partial charge on any atom is -0.470 e. The van der Waals surface area contributed by atoms with Crippen LogP contribution in [-0.4, -0.2) is 38.7 Å². The van der Waals surface area contributed by atoms with Crippen molar-refractivity contribution in [3.8, 4) is 5.88 Å². The van der Waals surface area contributed by atoms with E-state index in [9.17, 15) is 13.6 Å². The number of carbonyl (C=O) groups excluding carboxylic acids is 1. The summed E-state index contributed by atoms with van der Waals surface area (Å²) in [5.41, 5.74) is 1.88. The Hall–Kier alpha value is -2.81. The molecule has 0 radical (unpaired) electrons. The van der Waals surface area contributed by atoms with E-state index in [4.69, 9.17) is 16.3 Å². The lowest BCUT2D eigenvalue weighted by Crippen LogP contribution is -2.28. The summed E-state index contributed by atoms with van der Waals surface area (Å²) in [6.07, 6.45) is 7.41. The van der Waals surface area contributed by atoms with Gasteiger partial charge in [0.2, 0.25) is 12.3 Å². The van der Waals surface area contributed by atoms with Gasteiger partial charge in [-0.2, -0.15) is 5.10 Å². The number of alkyl halides is 2. The summed E-state index contributed by atoms with van der Waals surface area (Å²) in [6, 6.07) is 3.42. The van der Waals surface area contributed by atoms with Crippen LogP contribution in [0, 0.1) is 0 Å². The number of rotatable bonds is 8. The van der Waals surface area contributed by atoms with E-state index in [1.54, 1.807) is 23.0 Å². The van der Waals surface area contributed by atoms with Gasteiger partial charge in [0.25, 0.3) is 5.92 Å². The fourth-order valence-corrected chi connectivity index (χ4v) is 3.43. The second kappa shape index (κ2) is 7.22. The molecule has 29 heavy (non-hydrogen) atoms. The number of ether oxygens (including phenoxy) is 1. The first-order valence-electron chi connectivity index (χ1n) is 8.99. The highest BCUT2D eigenvalue weighted by Gasteiger charge is 2.46. The van der Waals surface area contributed by atoms with Crippen molar-refractivity contribution in [2.75, 3.05) is 6.61 Å². The molecule has 1 fully saturated rings. The van der Waals surface area contributed by atoms with E-state index >= 15 is 0 Å². The molecule has 0 atom stereocenters. The van der Waals surface area contributed by atoms with Crippen molar-refractivity contribution in [2.45, 2.75) is 37.8 Å². The van der Waals surface area contributed by atoms with Crippen molar-refractivity contribution < 1.29 is 18.3 Å². The van der Waals surface area contributed by atoms with Gasteiger partial charge in [-0.15, -0.1) is 0 Å². The highest BCUT2D eigenvalue weighted by Crippen LogP contribution is 2.46. The van der Waals surface area contributed by atoms with Gasteiger partial charge in [0.05, 0.1) is 23.3 Å². The molecule has 1 N–H and O–H groups in total. The number of nitrogens with zero attached hydrogens (tertiary/aromatic N) is 4. The number of pyridine rings is 2. The zero-order chi connectivity index (χ0) is 20.6. The second-order valence-corrected chi connectivity index (χ2v) is 7.66. The highest BCUT2D eigenvalue weighted by molar-refractivity contribution is 6.31. The highest BCUT2D eigenvalue weighted by atomic mass is 35.5. The van der Waals surface area contributed by atoms with Crippen LogP contribution in [0.5, 0.6) is 5.88 Å². The maximum atomic E-state index is 12.9. The number of hydrogen-bond donors (Lipinski definition) is 1. The molecule has 0 saturated heterocycles. The van der Waals surface area contributed by atoms with Crippen LogP contribution in [-0.2, 0) is 16.9 Å². The number of halogens is 3. The van der Waals surface area contributed by atoms with Gasteiger partial charge in [0.15, 0.2) is 6.61 Å². The van der Waals surface area contributed by atoms with Crippen LogP contribution in [0.2, 0.25) is 5.02 Å². The van der Waals surface area contributed by atoms with Gasteiger partial charge in [-0.25, -0.2) is 13.8 Å². The lowest BCUT2D eigenvalue weighted by Gasteiger charge is -2.13. The Morgan fingerprint density at radius 2 is 2.21 bits per heavy atom. The third-order valence-corrected chi connectivity index (χ3v) is 4.96. The van der Waals surface area contributed by atoms with Crippen LogP contribution < -0.4 is 10.1 Å². The average Bonchev–Trinajstić information content (AvgIpc) is 3.31. The smallest absolute Gasteiger partial charge is 0.278 e. The number of aromatic nitrogens is 4. The summed E-state index contributed by atoms with van der Waals surface area (Å²) in [7, 11) is 0. The molecule has 1 aliphatic carbocycles. The topological polar surface area (TPSA) is 81.9 Å². The molecule has 3 aromatic rings. The normalized spacial score (nSPS) is 15.3. The van der Waals surface area contributed by atoms with Gasteiger partial charge < -0.3 is 10.1 Å². The zero-order valence-corrected chi connectivity index (χ0v) is 16.3. The quantitative estimate of drug-likeness (QED) is 0.564. The first-order chi connectivity index (χ1) is 13.8. The van der Waals surface area contributed by atoms with Crippen molar-refractivity contribution in [3.05, 3.63) is 47.0 Å². The summed E-state index contributed by atoms with van der Waals surface area (Å²) in [4.78, 5) is 19.4. The van der Waals surface area contributed by atoms with Crippen LogP contribution in [0.25, 0.3) is 10.9 Å². The lowest BCUT2D eigenvalue weighted by atomic mass is 10.1. The lowest BCUT2D eigenvalue weighted by molar-refractivity contribution is -0.110. The van der Waals surface area contributed by atoms with Gasteiger partial charge >= 0.3 is 0 Å². The number of fused-ring (bicyclic) bond motifs is 1. The van der Waals surface area contributed by atoms with E-state index < -0.39 is 18.1 Å². The maximum absolute atomic E-state index is 12.9. The fourth-order valence-electron chi connectivity index (χ4n) is 3.18. The average molecular weight is 422 g/mol. The maximum Gasteiger partial charge on any atom is 0.278 e. The Morgan fingerprint density at radius 1 is 1.41 bits per heavy atom. The third kappa shape index (κ3) is 4.14. The van der Waals surface area contributed by atoms with Crippen LogP contribution in [0.3, 0.4) is 0 Å². The molecule has 3 heterocycles. The van der Waals surface area contributed by atoms with Crippen LogP contribution in [0.15, 0.2) is 30.7 Å². The Morgan fingerprint density at radius 3 is 2.86 bits per heavy atom. The Labute approximate surface area is 170 Å². The van der Waals surface area contributed by atoms with Crippen molar-refractivity contribution in [3.63, 3.8) is 0 Å². The number of amides is 1. The summed E-state index contributed by atoms with van der Waals surface area (Å²) < 4.78 is 32.6. The van der Waals surface area contributed by atoms with E-state index in [0.717, 1.165) is 41.9 Å². The third-order valence-electron chi connectivity index (χ3n) is 4.69. The number of hydrogen-bond acceptors (Lipinski definition) is 5. The predicted octanol–water partition coefficient (Wildman–Crippen LogP) is 3.30. The van der Waals surface area contributed by atoms with Crippen molar-refractivity contribution in [1.29, 1.82) is 0 Å². The standard InChI is InChI=1S/C19H18ClF2N5O2/c1-18(21,22)10-29-17-14(20)6-12(7-24-17)8-27-9-13-15(26-27)2-5-23-16(13)19(3-4-19)25-11-28/h2,5-7,9,11H,3-4,8,10H2,1H3,(H,25,28). The molecular weight excluding hydrogens is 404 g/mol. The zero-order valence-electron chi connectivity index (χ0n) is 15.5. The molecule has 3 aromatic heterocycles. The monoisotopic (exact) mass is 421 g/mol. The van der Waals surface area contributed by atoms with E-state index in [0.29, 0.717) is 13.0 Å². The second-order valence-electron chi connectivity index (χ2n) is 7.25. The van der Waals surface area contributed by atoms with Crippen LogP contribution in [0.1, 0.15) is 31.0 Å². The van der Waals surface area contributed by atoms with E-state index in [1.807, 2.05) is 6.20 Å². The molecule has 4 rings (SSSR count). The molecule has 1 amide bonds. The SMILES string of the molecule is CC(F)(F)COc1ncc(Cn2cc3c(C4(NC=O)CC4)nccc3n2)cc1Cl. The number of carbonyl (C=O) groups is 1. The first-order valence-corrected chi connectivity index (χ1v) is 9.36. The summed E-state index contributed by atoms with van der Waals surface area (Å²) in [5, 5.41) is 8.43. The Bertz CT molecular complexity index is 1060. The van der Waals surface area contributed by atoms with Gasteiger partial charge in [0.1, 0.15) is 5.02 Å². The molecule has 0 aliphatic heterocycles. The Balaban J connectivity index is 1.56. The molecule has 1 saturated carbocycles. The van der Waals surface area contributed by atoms with Crippen molar-refractivity contribution in [2.24, 2.45) is 0 Å². The fraction of sp³-hybridized carbons (Fsp3) is 0.368. The van der Waals surface area contributed by atoms with E-state index in [2.05, 4.69) is 20.4 Å². The first kappa shape index (κ1) is 19.5. The van der Waals surface area contributed by atoms with Crippen molar-refractivity contribution >= 4 is 28.9 Å². The number of nitrogens with one attached hydrogen (secondary N) is 1. The molecule has 0 aromatic carbocycles. The van der Waals surface area contributed by atoms with Gasteiger partial charge in [-0.3, -0.25) is 14.5 Å². The van der Waals surface area contributed by atoms with E-state index in [-0.39, 0.29) is 10.9 Å². The molecule has 152 valence electrons. The molecular formula is C19H18ClF2N5O2. The summed E-state index contributed by atoms with van der Waals surface area (Å²) in [5.74, 6) is -3.01. The van der Waals surface area contributed by atoms with Crippen molar-refractivity contribution in [1.82, 2.24) is 25.1 Å². The molecule has 10 heteroatoms. The molecule has 0 spiro atoms. The van der Waals surface area contributed by atoms with Crippen LogP contribution in [0.4, 0.5) is 8.78 Å². The molecule has 7 nitrogen and oxygen atoms in total. The minimum absolute atomic E-state index is 0.0373. The van der Waals surface area contributed by atoms with Gasteiger partial charge in [-0.05, 0) is 30.5 Å². The predicted molar refractivity (Wildman–Crippen MR) is 102 cm³/mol. The van der Waals surface area contributed by atoms with Gasteiger partial charge in [0, 0.05) is 30.9 Å². The minimum atomic E-state index is -2.97. The summed E-state index contributed by atoms with van der Waals surface area (Å²) in [6.45, 7) is 0.340. The summed E-state index contributed by atoms with van der Waals surface area (Å²) >= 11 is 6.12. The largest absolute Gasteiger partial charge is 0.470 e. The van der Waals surface area contributed by atoms with E-state index in [1.165, 1.54) is 6.20 Å². The molecule has 0 unspecified atom stereocenters. The molecule has 1 aliphatic rings.